The summed E-state index contributed by atoms with van der Waals surface area (Å²) in [7, 11) is -4.12. The fourth-order valence-corrected chi connectivity index (χ4v) is 3.64. The second-order valence-electron chi connectivity index (χ2n) is 6.68. The summed E-state index contributed by atoms with van der Waals surface area (Å²) in [6.45, 7) is 2.89. The van der Waals surface area contributed by atoms with E-state index >= 15 is 0 Å². The molecule has 6 nitrogen and oxygen atoms in total. The van der Waals surface area contributed by atoms with Gasteiger partial charge in [0.2, 0.25) is 15.9 Å². The Balaban J connectivity index is 2.30. The van der Waals surface area contributed by atoms with E-state index in [0.29, 0.717) is 21.8 Å². The molecule has 0 aromatic heterocycles. The van der Waals surface area contributed by atoms with Crippen molar-refractivity contribution in [1.82, 2.24) is 0 Å². The van der Waals surface area contributed by atoms with Crippen molar-refractivity contribution < 1.29 is 31.1 Å². The van der Waals surface area contributed by atoms with E-state index in [2.05, 4.69) is 5.32 Å². The number of carbonyl (C=O) groups excluding carboxylic acids is 1. The highest BCUT2D eigenvalue weighted by Gasteiger charge is 2.33. The predicted molar refractivity (Wildman–Crippen MR) is 109 cm³/mol. The van der Waals surface area contributed by atoms with Crippen LogP contribution in [0.4, 0.5) is 24.5 Å². The van der Waals surface area contributed by atoms with Gasteiger partial charge in [0, 0.05) is 11.8 Å². The Morgan fingerprint density at radius 3 is 2.43 bits per heavy atom. The lowest BCUT2D eigenvalue weighted by Crippen LogP contribution is -2.37. The molecule has 1 amide bonds. The van der Waals surface area contributed by atoms with Crippen molar-refractivity contribution in [3.8, 4) is 5.75 Å². The average molecular weight is 465 g/mol. The molecule has 0 heterocycles. The monoisotopic (exact) mass is 464 g/mol. The summed E-state index contributed by atoms with van der Waals surface area (Å²) < 4.78 is 69.5. The van der Waals surface area contributed by atoms with Gasteiger partial charge in [0.1, 0.15) is 12.3 Å². The first-order valence-electron chi connectivity index (χ1n) is 8.68. The number of alkyl halides is 3. The number of nitrogens with one attached hydrogen (secondary N) is 1. The quantitative estimate of drug-likeness (QED) is 0.652. The summed E-state index contributed by atoms with van der Waals surface area (Å²) in [6, 6.07) is 8.67. The third-order valence-corrected chi connectivity index (χ3v) is 5.17. The van der Waals surface area contributed by atoms with Crippen molar-refractivity contribution in [2.24, 2.45) is 0 Å². The number of carbonyl (C=O) groups is 1. The number of nitrogens with zero attached hydrogens (tertiary/aromatic N) is 1. The number of hydrogen-bond acceptors (Lipinski definition) is 4. The summed E-state index contributed by atoms with van der Waals surface area (Å²) in [4.78, 5) is 12.4. The third-order valence-electron chi connectivity index (χ3n) is 3.72. The maximum Gasteiger partial charge on any atom is 0.416 e. The molecule has 1 N–H and O–H groups in total. The van der Waals surface area contributed by atoms with Gasteiger partial charge in [-0.15, -0.1) is 0 Å². The zero-order valence-electron chi connectivity index (χ0n) is 16.3. The summed E-state index contributed by atoms with van der Waals surface area (Å²) in [5.74, 6) is -0.278. The molecule has 0 aliphatic carbocycles. The molecule has 0 unspecified atom stereocenters. The lowest BCUT2D eigenvalue weighted by atomic mass is 10.2. The normalized spacial score (nSPS) is 12.0. The number of ether oxygens (including phenoxy) is 1. The lowest BCUT2D eigenvalue weighted by molar-refractivity contribution is -0.137. The van der Waals surface area contributed by atoms with Crippen molar-refractivity contribution in [1.29, 1.82) is 0 Å². The van der Waals surface area contributed by atoms with Crippen LogP contribution in [0.3, 0.4) is 0 Å². The minimum absolute atomic E-state index is 0.0975. The maximum absolute atomic E-state index is 13.0. The molecule has 0 fully saturated rings. The van der Waals surface area contributed by atoms with Crippen LogP contribution < -0.4 is 14.4 Å². The van der Waals surface area contributed by atoms with Crippen LogP contribution in [0.5, 0.6) is 5.75 Å². The molecule has 30 heavy (non-hydrogen) atoms. The summed E-state index contributed by atoms with van der Waals surface area (Å²) >= 11 is 5.94. The van der Waals surface area contributed by atoms with Crippen LogP contribution in [-0.2, 0) is 21.0 Å². The van der Waals surface area contributed by atoms with Gasteiger partial charge in [0.05, 0.1) is 28.6 Å². The molecule has 2 rings (SSSR count). The number of benzene rings is 2. The molecule has 0 saturated carbocycles. The van der Waals surface area contributed by atoms with Crippen LogP contribution in [0.15, 0.2) is 42.5 Å². The van der Waals surface area contributed by atoms with E-state index in [1.165, 1.54) is 0 Å². The third kappa shape index (κ3) is 6.53. The standard InChI is InChI=1S/C19H20ClF3N2O4S/c1-12(2)29-15-6-4-5-14(10-15)24-18(26)11-25(30(3,27)28)17-9-13(19(21,22)23)7-8-16(17)20/h4-10,12H,11H2,1-3H3,(H,24,26). The molecule has 2 aromatic carbocycles. The van der Waals surface area contributed by atoms with Crippen LogP contribution in [-0.4, -0.2) is 33.2 Å². The first kappa shape index (κ1) is 23.8. The van der Waals surface area contributed by atoms with E-state index < -0.39 is 39.9 Å². The van der Waals surface area contributed by atoms with Gasteiger partial charge >= 0.3 is 6.18 Å². The number of hydrogen-bond donors (Lipinski definition) is 1. The highest BCUT2D eigenvalue weighted by atomic mass is 35.5. The predicted octanol–water partition coefficient (Wildman–Crippen LogP) is 4.55. The van der Waals surface area contributed by atoms with E-state index in [1.54, 1.807) is 24.3 Å². The lowest BCUT2D eigenvalue weighted by Gasteiger charge is -2.24. The van der Waals surface area contributed by atoms with Crippen molar-refractivity contribution in [2.75, 3.05) is 22.4 Å². The Morgan fingerprint density at radius 1 is 1.20 bits per heavy atom. The smallest absolute Gasteiger partial charge is 0.416 e. The molecule has 0 aliphatic rings. The maximum atomic E-state index is 13.0. The Bertz CT molecular complexity index is 1030. The van der Waals surface area contributed by atoms with Crippen molar-refractivity contribution in [2.45, 2.75) is 26.1 Å². The zero-order valence-corrected chi connectivity index (χ0v) is 17.9. The molecule has 0 saturated heterocycles. The van der Waals surface area contributed by atoms with Crippen LogP contribution in [0, 0.1) is 0 Å². The second-order valence-corrected chi connectivity index (χ2v) is 8.99. The Labute approximate surface area is 177 Å². The molecule has 2 aromatic rings. The number of amides is 1. The molecule has 0 radical (unpaired) electrons. The summed E-state index contributed by atoms with van der Waals surface area (Å²) in [6.07, 6.45) is -4.03. The van der Waals surface area contributed by atoms with Gasteiger partial charge in [-0.1, -0.05) is 17.7 Å². The van der Waals surface area contributed by atoms with Crippen molar-refractivity contribution >= 4 is 38.9 Å². The second kappa shape index (κ2) is 9.13. The van der Waals surface area contributed by atoms with Crippen LogP contribution in [0.2, 0.25) is 5.02 Å². The molecule has 164 valence electrons. The Morgan fingerprint density at radius 2 is 1.87 bits per heavy atom. The van der Waals surface area contributed by atoms with Gasteiger partial charge < -0.3 is 10.1 Å². The van der Waals surface area contributed by atoms with Crippen LogP contribution >= 0.6 is 11.6 Å². The first-order valence-corrected chi connectivity index (χ1v) is 10.9. The number of rotatable bonds is 7. The van der Waals surface area contributed by atoms with E-state index in [0.717, 1.165) is 18.4 Å². The van der Waals surface area contributed by atoms with Gasteiger partial charge in [-0.05, 0) is 44.2 Å². The first-order chi connectivity index (χ1) is 13.8. The minimum Gasteiger partial charge on any atom is -0.491 e. The molecule has 0 atom stereocenters. The van der Waals surface area contributed by atoms with Gasteiger partial charge in [0.25, 0.3) is 0 Å². The van der Waals surface area contributed by atoms with Crippen molar-refractivity contribution in [3.63, 3.8) is 0 Å². The van der Waals surface area contributed by atoms with Gasteiger partial charge in [-0.3, -0.25) is 9.10 Å². The van der Waals surface area contributed by atoms with Gasteiger partial charge in [-0.2, -0.15) is 13.2 Å². The molecular formula is C19H20ClF3N2O4S. The Hall–Kier alpha value is -2.46. The fourth-order valence-electron chi connectivity index (χ4n) is 2.51. The van der Waals surface area contributed by atoms with Crippen molar-refractivity contribution in [3.05, 3.63) is 53.1 Å². The fraction of sp³-hybridized carbons (Fsp3) is 0.316. The molecular weight excluding hydrogens is 445 g/mol. The zero-order chi connectivity index (χ0) is 22.7. The highest BCUT2D eigenvalue weighted by Crippen LogP contribution is 2.36. The van der Waals surface area contributed by atoms with Crippen LogP contribution in [0.25, 0.3) is 0 Å². The largest absolute Gasteiger partial charge is 0.491 e. The average Bonchev–Trinajstić information content (AvgIpc) is 2.58. The van der Waals surface area contributed by atoms with Gasteiger partial charge in [0.15, 0.2) is 0 Å². The summed E-state index contributed by atoms with van der Waals surface area (Å²) in [5, 5.41) is 2.26. The summed E-state index contributed by atoms with van der Waals surface area (Å²) in [5.41, 5.74) is -1.20. The van der Waals surface area contributed by atoms with E-state index in [-0.39, 0.29) is 11.1 Å². The molecule has 0 aliphatic heterocycles. The van der Waals surface area contributed by atoms with E-state index in [9.17, 15) is 26.4 Å². The van der Waals surface area contributed by atoms with E-state index in [4.69, 9.17) is 16.3 Å². The number of halogens is 4. The van der Waals surface area contributed by atoms with Gasteiger partial charge in [-0.25, -0.2) is 8.42 Å². The minimum atomic E-state index is -4.71. The molecule has 0 spiro atoms. The topological polar surface area (TPSA) is 75.7 Å². The van der Waals surface area contributed by atoms with Crippen LogP contribution in [0.1, 0.15) is 19.4 Å². The number of sulfonamides is 1. The number of anilines is 2. The SMILES string of the molecule is CC(C)Oc1cccc(NC(=O)CN(c2cc(C(F)(F)F)ccc2Cl)S(C)(=O)=O)c1. The molecule has 11 heteroatoms. The molecule has 0 bridgehead atoms. The highest BCUT2D eigenvalue weighted by molar-refractivity contribution is 7.92. The van der Waals surface area contributed by atoms with E-state index in [1.807, 2.05) is 13.8 Å². The Kier molecular flexibility index (Phi) is 7.25.